The highest BCUT2D eigenvalue weighted by Crippen LogP contribution is 2.30. The summed E-state index contributed by atoms with van der Waals surface area (Å²) in [6.07, 6.45) is 2.01. The number of hydrogen-bond acceptors (Lipinski definition) is 3. The Balaban J connectivity index is 2.10. The number of nitrogens with zero attached hydrogens (tertiary/aromatic N) is 1. The van der Waals surface area contributed by atoms with Gasteiger partial charge in [0, 0.05) is 0 Å². The minimum atomic E-state index is -0.986. The lowest BCUT2D eigenvalue weighted by molar-refractivity contribution is -0.115. The van der Waals surface area contributed by atoms with Crippen molar-refractivity contribution in [3.63, 3.8) is 0 Å². The Hall–Kier alpha value is -2.95. The minimum absolute atomic E-state index is 0.161. The van der Waals surface area contributed by atoms with Gasteiger partial charge >= 0.3 is 5.97 Å². The van der Waals surface area contributed by atoms with E-state index in [1.165, 1.54) is 12.1 Å². The first-order valence-corrected chi connectivity index (χ1v) is 7.75. The standard InChI is InChI=1S/C19H20N2O3/c1-3-5-14-6-4-7-16(18(14)20-2)21-17(22)12-13-8-10-15(11-9-13)19(23)24/h4,6-11H,2-3,5,12H2,1H3,(H,21,22)(H,23,24). The molecule has 2 aromatic carbocycles. The molecule has 2 rings (SSSR count). The molecule has 5 heteroatoms. The van der Waals surface area contributed by atoms with Gasteiger partial charge in [0.2, 0.25) is 5.91 Å². The Bertz CT molecular complexity index is 752. The molecule has 5 nitrogen and oxygen atoms in total. The zero-order valence-corrected chi connectivity index (χ0v) is 13.6. The van der Waals surface area contributed by atoms with Crippen molar-refractivity contribution in [1.29, 1.82) is 0 Å². The summed E-state index contributed by atoms with van der Waals surface area (Å²) in [5.41, 5.74) is 3.34. The molecule has 0 saturated carbocycles. The van der Waals surface area contributed by atoms with Crippen molar-refractivity contribution in [3.05, 3.63) is 59.2 Å². The predicted octanol–water partition coefficient (Wildman–Crippen LogP) is 3.85. The summed E-state index contributed by atoms with van der Waals surface area (Å²) >= 11 is 0. The van der Waals surface area contributed by atoms with Gasteiger partial charge in [0.1, 0.15) is 0 Å². The molecular weight excluding hydrogens is 304 g/mol. The number of carboxylic acids is 1. The van der Waals surface area contributed by atoms with Gasteiger partial charge in [-0.15, -0.1) is 0 Å². The minimum Gasteiger partial charge on any atom is -0.478 e. The van der Waals surface area contributed by atoms with E-state index in [-0.39, 0.29) is 17.9 Å². The SMILES string of the molecule is C=Nc1c(CCC)cccc1NC(=O)Cc1ccc(C(=O)O)cc1. The number of aliphatic imine (C=N–C) groups is 1. The van der Waals surface area contributed by atoms with Gasteiger partial charge in [-0.3, -0.25) is 9.79 Å². The van der Waals surface area contributed by atoms with Gasteiger partial charge in [0.25, 0.3) is 0 Å². The van der Waals surface area contributed by atoms with E-state index >= 15 is 0 Å². The Morgan fingerprint density at radius 1 is 1.17 bits per heavy atom. The number of amides is 1. The van der Waals surface area contributed by atoms with Crippen molar-refractivity contribution in [2.75, 3.05) is 5.32 Å². The van der Waals surface area contributed by atoms with Crippen molar-refractivity contribution in [3.8, 4) is 0 Å². The van der Waals surface area contributed by atoms with E-state index in [0.717, 1.165) is 24.0 Å². The second-order valence-corrected chi connectivity index (χ2v) is 5.45. The molecule has 0 atom stereocenters. The van der Waals surface area contributed by atoms with Crippen molar-refractivity contribution in [2.45, 2.75) is 26.2 Å². The fourth-order valence-electron chi connectivity index (χ4n) is 2.49. The molecule has 2 N–H and O–H groups in total. The number of benzene rings is 2. The molecule has 0 saturated heterocycles. The summed E-state index contributed by atoms with van der Waals surface area (Å²) in [6.45, 7) is 5.68. The Labute approximate surface area is 141 Å². The van der Waals surface area contributed by atoms with Gasteiger partial charge in [0.15, 0.2) is 0 Å². The van der Waals surface area contributed by atoms with E-state index in [2.05, 4.69) is 24.0 Å². The van der Waals surface area contributed by atoms with Crippen molar-refractivity contribution >= 4 is 30.0 Å². The first kappa shape index (κ1) is 17.4. The Morgan fingerprint density at radius 3 is 2.46 bits per heavy atom. The Kier molecular flexibility index (Phi) is 5.84. The highest BCUT2D eigenvalue weighted by Gasteiger charge is 2.11. The maximum atomic E-state index is 12.2. The lowest BCUT2D eigenvalue weighted by Crippen LogP contribution is -2.15. The zero-order valence-electron chi connectivity index (χ0n) is 13.6. The van der Waals surface area contributed by atoms with E-state index in [4.69, 9.17) is 5.11 Å². The maximum absolute atomic E-state index is 12.2. The van der Waals surface area contributed by atoms with Crippen LogP contribution in [0.25, 0.3) is 0 Å². The molecule has 0 unspecified atom stereocenters. The first-order valence-electron chi connectivity index (χ1n) is 7.75. The molecular formula is C19H20N2O3. The number of hydrogen-bond donors (Lipinski definition) is 2. The summed E-state index contributed by atoms with van der Waals surface area (Å²) in [5.74, 6) is -1.17. The fourth-order valence-corrected chi connectivity index (χ4v) is 2.49. The number of para-hydroxylation sites is 1. The summed E-state index contributed by atoms with van der Waals surface area (Å²) in [5, 5.41) is 11.7. The van der Waals surface area contributed by atoms with Gasteiger partial charge in [-0.2, -0.15) is 0 Å². The van der Waals surface area contributed by atoms with Gasteiger partial charge < -0.3 is 10.4 Å². The topological polar surface area (TPSA) is 78.8 Å². The molecule has 0 aliphatic carbocycles. The van der Waals surface area contributed by atoms with Gasteiger partial charge in [-0.05, 0) is 42.5 Å². The van der Waals surface area contributed by atoms with E-state index in [1.54, 1.807) is 18.2 Å². The molecule has 0 fully saturated rings. The van der Waals surface area contributed by atoms with Crippen molar-refractivity contribution < 1.29 is 14.7 Å². The number of aryl methyl sites for hydroxylation is 1. The average molecular weight is 324 g/mol. The van der Waals surface area contributed by atoms with Crippen LogP contribution >= 0.6 is 0 Å². The highest BCUT2D eigenvalue weighted by atomic mass is 16.4. The smallest absolute Gasteiger partial charge is 0.335 e. The van der Waals surface area contributed by atoms with Crippen LogP contribution in [-0.4, -0.2) is 23.7 Å². The molecule has 2 aromatic rings. The molecule has 0 spiro atoms. The molecule has 0 heterocycles. The van der Waals surface area contributed by atoms with Crippen molar-refractivity contribution in [1.82, 2.24) is 0 Å². The number of rotatable bonds is 7. The average Bonchev–Trinajstić information content (AvgIpc) is 2.56. The summed E-state index contributed by atoms with van der Waals surface area (Å²) in [7, 11) is 0. The van der Waals surface area contributed by atoms with Crippen LogP contribution in [0.1, 0.15) is 34.8 Å². The lowest BCUT2D eigenvalue weighted by atomic mass is 10.1. The van der Waals surface area contributed by atoms with Crippen LogP contribution in [0.3, 0.4) is 0 Å². The number of carbonyl (C=O) groups excluding carboxylic acids is 1. The molecule has 0 bridgehead atoms. The number of carboxylic acid groups (broad SMARTS) is 1. The third kappa shape index (κ3) is 4.29. The monoisotopic (exact) mass is 324 g/mol. The summed E-state index contributed by atoms with van der Waals surface area (Å²) in [4.78, 5) is 27.1. The van der Waals surface area contributed by atoms with E-state index in [1.807, 2.05) is 12.1 Å². The zero-order chi connectivity index (χ0) is 17.5. The number of carbonyl (C=O) groups is 2. The van der Waals surface area contributed by atoms with Gasteiger partial charge in [-0.1, -0.05) is 37.6 Å². The molecule has 1 amide bonds. The summed E-state index contributed by atoms with van der Waals surface area (Å²) in [6, 6.07) is 11.9. The molecule has 0 aromatic heterocycles. The second-order valence-electron chi connectivity index (χ2n) is 5.45. The van der Waals surface area contributed by atoms with Gasteiger partial charge in [-0.25, -0.2) is 4.79 Å². The molecule has 24 heavy (non-hydrogen) atoms. The fraction of sp³-hybridized carbons (Fsp3) is 0.211. The van der Waals surface area contributed by atoms with Crippen LogP contribution in [0.2, 0.25) is 0 Å². The van der Waals surface area contributed by atoms with Crippen LogP contribution in [-0.2, 0) is 17.6 Å². The third-order valence-electron chi connectivity index (χ3n) is 3.64. The Morgan fingerprint density at radius 2 is 1.88 bits per heavy atom. The lowest BCUT2D eigenvalue weighted by Gasteiger charge is -2.12. The number of aromatic carboxylic acids is 1. The number of nitrogens with one attached hydrogen (secondary N) is 1. The quantitative estimate of drug-likeness (QED) is 0.759. The molecule has 0 radical (unpaired) electrons. The van der Waals surface area contributed by atoms with Gasteiger partial charge in [0.05, 0.1) is 23.4 Å². The first-order chi connectivity index (χ1) is 11.5. The van der Waals surface area contributed by atoms with Crippen LogP contribution in [0.5, 0.6) is 0 Å². The summed E-state index contributed by atoms with van der Waals surface area (Å²) < 4.78 is 0. The van der Waals surface area contributed by atoms with Crippen molar-refractivity contribution in [2.24, 2.45) is 4.99 Å². The second kappa shape index (κ2) is 8.06. The highest BCUT2D eigenvalue weighted by molar-refractivity contribution is 5.95. The normalized spacial score (nSPS) is 10.2. The molecule has 124 valence electrons. The van der Waals surface area contributed by atoms with Crippen LogP contribution in [0.15, 0.2) is 47.5 Å². The third-order valence-corrected chi connectivity index (χ3v) is 3.64. The van der Waals surface area contributed by atoms with E-state index < -0.39 is 5.97 Å². The van der Waals surface area contributed by atoms with Crippen LogP contribution in [0, 0.1) is 0 Å². The largest absolute Gasteiger partial charge is 0.478 e. The van der Waals surface area contributed by atoms with E-state index in [9.17, 15) is 9.59 Å². The van der Waals surface area contributed by atoms with Crippen LogP contribution in [0.4, 0.5) is 11.4 Å². The number of anilines is 1. The molecule has 0 aliphatic rings. The molecule has 0 aliphatic heterocycles. The maximum Gasteiger partial charge on any atom is 0.335 e. The van der Waals surface area contributed by atoms with Crippen LogP contribution < -0.4 is 5.32 Å². The predicted molar refractivity (Wildman–Crippen MR) is 95.4 cm³/mol. The van der Waals surface area contributed by atoms with E-state index in [0.29, 0.717) is 11.4 Å².